The molecule has 0 saturated carbocycles. The number of aromatic nitrogens is 5. The van der Waals surface area contributed by atoms with Crippen LogP contribution < -0.4 is 4.90 Å². The highest BCUT2D eigenvalue weighted by Crippen LogP contribution is 2.27. The van der Waals surface area contributed by atoms with Crippen molar-refractivity contribution in [2.45, 2.75) is 13.5 Å². The molecule has 108 valence electrons. The number of hydrogen-bond acceptors (Lipinski definition) is 6. The number of rotatable bonds is 4. The topological polar surface area (TPSA) is 72.9 Å². The number of imidazole rings is 1. The molecule has 0 unspecified atom stereocenters. The van der Waals surface area contributed by atoms with Gasteiger partial charge in [-0.1, -0.05) is 5.16 Å². The number of hydrogen-bond donors (Lipinski definition) is 0. The SMILES string of the molecule is Cc1noc(-c2cccnc2N(C)Cc2nccn2C)n1. The second-order valence-electron chi connectivity index (χ2n) is 4.83. The average Bonchev–Trinajstić information content (AvgIpc) is 3.08. The van der Waals surface area contributed by atoms with E-state index >= 15 is 0 Å². The van der Waals surface area contributed by atoms with Crippen molar-refractivity contribution < 1.29 is 4.52 Å². The van der Waals surface area contributed by atoms with Crippen molar-refractivity contribution in [2.24, 2.45) is 7.05 Å². The van der Waals surface area contributed by atoms with E-state index < -0.39 is 0 Å². The number of aryl methyl sites for hydroxylation is 2. The smallest absolute Gasteiger partial charge is 0.261 e. The summed E-state index contributed by atoms with van der Waals surface area (Å²) in [6.45, 7) is 2.43. The first-order valence-corrected chi connectivity index (χ1v) is 6.58. The highest BCUT2D eigenvalue weighted by molar-refractivity contribution is 5.69. The van der Waals surface area contributed by atoms with Gasteiger partial charge in [0.05, 0.1) is 12.1 Å². The standard InChI is InChI=1S/C14H16N6O/c1-10-17-14(21-18-10)11-5-4-6-16-13(11)20(3)9-12-15-7-8-19(12)2/h4-8H,9H2,1-3H3. The van der Waals surface area contributed by atoms with E-state index in [2.05, 4.69) is 20.1 Å². The summed E-state index contributed by atoms with van der Waals surface area (Å²) < 4.78 is 7.23. The van der Waals surface area contributed by atoms with Gasteiger partial charge < -0.3 is 14.0 Å². The zero-order valence-corrected chi connectivity index (χ0v) is 12.2. The summed E-state index contributed by atoms with van der Waals surface area (Å²) in [5.74, 6) is 2.81. The molecule has 0 saturated heterocycles. The van der Waals surface area contributed by atoms with E-state index in [0.29, 0.717) is 18.3 Å². The van der Waals surface area contributed by atoms with Gasteiger partial charge in [0.15, 0.2) is 5.82 Å². The van der Waals surface area contributed by atoms with Gasteiger partial charge in [0.2, 0.25) is 0 Å². The van der Waals surface area contributed by atoms with Gasteiger partial charge in [-0.15, -0.1) is 0 Å². The molecule has 0 fully saturated rings. The second-order valence-corrected chi connectivity index (χ2v) is 4.83. The van der Waals surface area contributed by atoms with Crippen LogP contribution in [-0.2, 0) is 13.6 Å². The van der Waals surface area contributed by atoms with Crippen molar-refractivity contribution >= 4 is 5.82 Å². The molecule has 0 aromatic carbocycles. The predicted molar refractivity (Wildman–Crippen MR) is 77.6 cm³/mol. The molecular formula is C14H16N6O. The molecule has 3 rings (SSSR count). The molecule has 0 N–H and O–H groups in total. The lowest BCUT2D eigenvalue weighted by atomic mass is 10.2. The quantitative estimate of drug-likeness (QED) is 0.727. The first-order valence-electron chi connectivity index (χ1n) is 6.58. The number of anilines is 1. The summed E-state index contributed by atoms with van der Waals surface area (Å²) >= 11 is 0. The minimum absolute atomic E-state index is 0.474. The maximum Gasteiger partial charge on any atom is 0.261 e. The van der Waals surface area contributed by atoms with Gasteiger partial charge in [-0.05, 0) is 19.1 Å². The molecule has 0 aliphatic rings. The Hall–Kier alpha value is -2.70. The molecule has 7 nitrogen and oxygen atoms in total. The zero-order chi connectivity index (χ0) is 14.8. The Balaban J connectivity index is 1.93. The van der Waals surface area contributed by atoms with Crippen LogP contribution >= 0.6 is 0 Å². The molecule has 0 bridgehead atoms. The molecule has 0 aliphatic heterocycles. The van der Waals surface area contributed by atoms with Crippen molar-refractivity contribution in [3.05, 3.63) is 42.4 Å². The molecule has 0 amide bonds. The van der Waals surface area contributed by atoms with Crippen LogP contribution in [0.2, 0.25) is 0 Å². The molecule has 3 heterocycles. The Morgan fingerprint density at radius 3 is 2.81 bits per heavy atom. The molecule has 0 radical (unpaired) electrons. The highest BCUT2D eigenvalue weighted by atomic mass is 16.5. The van der Waals surface area contributed by atoms with Gasteiger partial charge in [-0.2, -0.15) is 4.98 Å². The van der Waals surface area contributed by atoms with Crippen molar-refractivity contribution in [3.63, 3.8) is 0 Å². The summed E-state index contributed by atoms with van der Waals surface area (Å²) in [7, 11) is 3.93. The first-order chi connectivity index (χ1) is 10.1. The van der Waals surface area contributed by atoms with Gasteiger partial charge in [0, 0.05) is 32.7 Å². The van der Waals surface area contributed by atoms with E-state index in [9.17, 15) is 0 Å². The molecule has 3 aromatic rings. The van der Waals surface area contributed by atoms with Crippen LogP contribution in [0.25, 0.3) is 11.5 Å². The Bertz CT molecular complexity index is 747. The fraction of sp³-hybridized carbons (Fsp3) is 0.286. The third-order valence-corrected chi connectivity index (χ3v) is 3.21. The maximum absolute atomic E-state index is 5.25. The van der Waals surface area contributed by atoms with E-state index in [1.807, 2.05) is 41.9 Å². The van der Waals surface area contributed by atoms with Gasteiger partial charge in [0.1, 0.15) is 11.6 Å². The lowest BCUT2D eigenvalue weighted by molar-refractivity contribution is 0.425. The molecule has 3 aromatic heterocycles. The van der Waals surface area contributed by atoms with Gasteiger partial charge >= 0.3 is 0 Å². The van der Waals surface area contributed by atoms with Crippen molar-refractivity contribution in [1.29, 1.82) is 0 Å². The Morgan fingerprint density at radius 1 is 1.29 bits per heavy atom. The summed E-state index contributed by atoms with van der Waals surface area (Å²) in [5.41, 5.74) is 0.815. The fourth-order valence-electron chi connectivity index (χ4n) is 2.11. The van der Waals surface area contributed by atoms with Crippen molar-refractivity contribution in [2.75, 3.05) is 11.9 Å². The maximum atomic E-state index is 5.25. The minimum Gasteiger partial charge on any atom is -0.352 e. The highest BCUT2D eigenvalue weighted by Gasteiger charge is 2.16. The molecule has 7 heteroatoms. The Labute approximate surface area is 122 Å². The van der Waals surface area contributed by atoms with E-state index in [4.69, 9.17) is 4.52 Å². The Morgan fingerprint density at radius 2 is 2.14 bits per heavy atom. The zero-order valence-electron chi connectivity index (χ0n) is 12.2. The molecule has 0 spiro atoms. The van der Waals surface area contributed by atoms with E-state index in [-0.39, 0.29) is 0 Å². The van der Waals surface area contributed by atoms with Crippen LogP contribution in [0.3, 0.4) is 0 Å². The monoisotopic (exact) mass is 284 g/mol. The van der Waals surface area contributed by atoms with Crippen LogP contribution in [0.5, 0.6) is 0 Å². The lowest BCUT2D eigenvalue weighted by Crippen LogP contribution is -2.20. The van der Waals surface area contributed by atoms with Crippen molar-refractivity contribution in [1.82, 2.24) is 24.7 Å². The largest absolute Gasteiger partial charge is 0.352 e. The predicted octanol–water partition coefficient (Wildman–Crippen LogP) is 1.81. The number of nitrogens with zero attached hydrogens (tertiary/aromatic N) is 6. The second kappa shape index (κ2) is 5.35. The van der Waals surface area contributed by atoms with E-state index in [1.54, 1.807) is 19.3 Å². The summed E-state index contributed by atoms with van der Waals surface area (Å²) in [6, 6.07) is 3.77. The summed E-state index contributed by atoms with van der Waals surface area (Å²) in [6.07, 6.45) is 5.45. The normalized spacial score (nSPS) is 10.8. The first kappa shape index (κ1) is 13.3. The van der Waals surface area contributed by atoms with Crippen LogP contribution in [0, 0.1) is 6.92 Å². The van der Waals surface area contributed by atoms with Crippen molar-refractivity contribution in [3.8, 4) is 11.5 Å². The van der Waals surface area contributed by atoms with Crippen LogP contribution in [-0.4, -0.2) is 31.7 Å². The van der Waals surface area contributed by atoms with E-state index in [1.165, 1.54) is 0 Å². The fourth-order valence-corrected chi connectivity index (χ4v) is 2.11. The molecule has 0 aliphatic carbocycles. The lowest BCUT2D eigenvalue weighted by Gasteiger charge is -2.19. The summed E-state index contributed by atoms with van der Waals surface area (Å²) in [5, 5.41) is 3.83. The van der Waals surface area contributed by atoms with Crippen LogP contribution in [0.15, 0.2) is 35.2 Å². The molecule has 0 atom stereocenters. The Kier molecular flexibility index (Phi) is 3.39. The van der Waals surface area contributed by atoms with Crippen LogP contribution in [0.1, 0.15) is 11.6 Å². The number of pyridine rings is 1. The van der Waals surface area contributed by atoms with Gasteiger partial charge in [0.25, 0.3) is 5.89 Å². The summed E-state index contributed by atoms with van der Waals surface area (Å²) in [4.78, 5) is 15.0. The molecular weight excluding hydrogens is 268 g/mol. The van der Waals surface area contributed by atoms with E-state index in [0.717, 1.165) is 17.2 Å². The molecule has 21 heavy (non-hydrogen) atoms. The third-order valence-electron chi connectivity index (χ3n) is 3.21. The minimum atomic E-state index is 0.474. The van der Waals surface area contributed by atoms with Gasteiger partial charge in [-0.25, -0.2) is 9.97 Å². The average molecular weight is 284 g/mol. The third kappa shape index (κ3) is 2.62. The van der Waals surface area contributed by atoms with Crippen LogP contribution in [0.4, 0.5) is 5.82 Å². The van der Waals surface area contributed by atoms with Gasteiger partial charge in [-0.3, -0.25) is 0 Å².